The Bertz CT molecular complexity index is 217. The molecule has 2 amide bonds. The summed E-state index contributed by atoms with van der Waals surface area (Å²) in [6.45, 7) is 6.32. The Hall–Kier alpha value is -1.10. The molecule has 88 valence electrons. The fourth-order valence-corrected chi connectivity index (χ4v) is 0.915. The Balaban J connectivity index is 3.75. The minimum absolute atomic E-state index is 0.000741. The number of carbonyl (C=O) groups is 2. The maximum atomic E-state index is 11.3. The van der Waals surface area contributed by atoms with Crippen molar-refractivity contribution >= 4 is 11.8 Å². The van der Waals surface area contributed by atoms with Crippen molar-refractivity contribution in [1.29, 1.82) is 0 Å². The van der Waals surface area contributed by atoms with E-state index in [-0.39, 0.29) is 24.3 Å². The molecule has 15 heavy (non-hydrogen) atoms. The molecule has 0 heterocycles. The van der Waals surface area contributed by atoms with Crippen molar-refractivity contribution < 1.29 is 9.59 Å². The molecule has 4 N–H and O–H groups in total. The van der Waals surface area contributed by atoms with E-state index < -0.39 is 6.04 Å². The van der Waals surface area contributed by atoms with Gasteiger partial charge in [-0.3, -0.25) is 9.59 Å². The van der Waals surface area contributed by atoms with Crippen molar-refractivity contribution in [2.24, 2.45) is 11.7 Å². The summed E-state index contributed by atoms with van der Waals surface area (Å²) in [6, 6.07) is -0.552. The van der Waals surface area contributed by atoms with Crippen molar-refractivity contribution in [3.8, 4) is 0 Å². The van der Waals surface area contributed by atoms with Gasteiger partial charge in [-0.2, -0.15) is 0 Å². The van der Waals surface area contributed by atoms with Gasteiger partial charge < -0.3 is 16.4 Å². The maximum Gasteiger partial charge on any atom is 0.239 e. The highest BCUT2D eigenvalue weighted by atomic mass is 16.2. The summed E-state index contributed by atoms with van der Waals surface area (Å²) in [4.78, 5) is 22.5. The van der Waals surface area contributed by atoms with Crippen LogP contribution in [0, 0.1) is 5.92 Å². The summed E-state index contributed by atoms with van der Waals surface area (Å²) in [7, 11) is 0. The number of nitrogens with one attached hydrogen (secondary N) is 2. The van der Waals surface area contributed by atoms with Crippen LogP contribution in [-0.2, 0) is 9.59 Å². The summed E-state index contributed by atoms with van der Waals surface area (Å²) in [5.74, 6) is -0.387. The number of rotatable bonds is 6. The normalized spacial score (nSPS) is 12.3. The molecule has 0 fully saturated rings. The lowest BCUT2D eigenvalue weighted by Gasteiger charge is -2.14. The molecule has 0 rings (SSSR count). The summed E-state index contributed by atoms with van der Waals surface area (Å²) >= 11 is 0. The number of amides is 2. The lowest BCUT2D eigenvalue weighted by Crippen LogP contribution is -2.47. The molecule has 5 nitrogen and oxygen atoms in total. The standard InChI is InChI=1S/C10H21N3O2/c1-4-5-12-8(14)6-13-10(15)9(11)7(2)3/h7,9H,4-6,11H2,1-3H3,(H,12,14)(H,13,15)/t9-/m0/s1. The predicted octanol–water partition coefficient (Wildman–Crippen LogP) is -0.388. The number of hydrogen-bond donors (Lipinski definition) is 3. The average Bonchev–Trinajstić information content (AvgIpc) is 2.21. The summed E-state index contributed by atoms with van der Waals surface area (Å²) in [5.41, 5.74) is 5.60. The Morgan fingerprint density at radius 2 is 1.87 bits per heavy atom. The van der Waals surface area contributed by atoms with Crippen LogP contribution in [0.5, 0.6) is 0 Å². The molecule has 0 aliphatic rings. The van der Waals surface area contributed by atoms with Gasteiger partial charge >= 0.3 is 0 Å². The zero-order valence-electron chi connectivity index (χ0n) is 9.67. The van der Waals surface area contributed by atoms with Crippen LogP contribution in [-0.4, -0.2) is 30.9 Å². The van der Waals surface area contributed by atoms with Gasteiger partial charge in [-0.25, -0.2) is 0 Å². The van der Waals surface area contributed by atoms with Gasteiger partial charge in [0, 0.05) is 6.54 Å². The first-order valence-corrected chi connectivity index (χ1v) is 5.29. The van der Waals surface area contributed by atoms with Crippen LogP contribution in [0.2, 0.25) is 0 Å². The minimum Gasteiger partial charge on any atom is -0.355 e. The molecule has 0 spiro atoms. The molecule has 5 heteroatoms. The Kier molecular flexibility index (Phi) is 6.70. The van der Waals surface area contributed by atoms with E-state index in [1.165, 1.54) is 0 Å². The summed E-state index contributed by atoms with van der Waals surface area (Å²) < 4.78 is 0. The first-order valence-electron chi connectivity index (χ1n) is 5.29. The van der Waals surface area contributed by atoms with Crippen molar-refractivity contribution in [2.75, 3.05) is 13.1 Å². The molecule has 0 saturated heterocycles. The monoisotopic (exact) mass is 215 g/mol. The molecule has 0 radical (unpaired) electrons. The topological polar surface area (TPSA) is 84.2 Å². The van der Waals surface area contributed by atoms with E-state index in [4.69, 9.17) is 5.73 Å². The van der Waals surface area contributed by atoms with Gasteiger partial charge in [0.2, 0.25) is 11.8 Å². The van der Waals surface area contributed by atoms with E-state index in [0.29, 0.717) is 6.54 Å². The number of hydrogen-bond acceptors (Lipinski definition) is 3. The quantitative estimate of drug-likeness (QED) is 0.564. The van der Waals surface area contributed by atoms with Crippen molar-refractivity contribution in [3.63, 3.8) is 0 Å². The van der Waals surface area contributed by atoms with E-state index in [1.54, 1.807) is 0 Å². The zero-order chi connectivity index (χ0) is 11.8. The molecule has 0 aliphatic heterocycles. The number of carbonyl (C=O) groups excluding carboxylic acids is 2. The number of nitrogens with two attached hydrogens (primary N) is 1. The molecule has 0 aromatic rings. The van der Waals surface area contributed by atoms with E-state index >= 15 is 0 Å². The third-order valence-corrected chi connectivity index (χ3v) is 2.02. The largest absolute Gasteiger partial charge is 0.355 e. The first kappa shape index (κ1) is 13.9. The maximum absolute atomic E-state index is 11.3. The molecule has 1 atom stereocenters. The molecular weight excluding hydrogens is 194 g/mol. The van der Waals surface area contributed by atoms with E-state index in [0.717, 1.165) is 6.42 Å². The highest BCUT2D eigenvalue weighted by Crippen LogP contribution is 1.97. The summed E-state index contributed by atoms with van der Waals surface area (Å²) in [5, 5.41) is 5.16. The second kappa shape index (κ2) is 7.23. The van der Waals surface area contributed by atoms with Crippen LogP contribution in [0.25, 0.3) is 0 Å². The molecule has 0 aliphatic carbocycles. The van der Waals surface area contributed by atoms with E-state index in [1.807, 2.05) is 20.8 Å². The average molecular weight is 215 g/mol. The van der Waals surface area contributed by atoms with Crippen LogP contribution in [0.4, 0.5) is 0 Å². The van der Waals surface area contributed by atoms with Crippen LogP contribution in [0.15, 0.2) is 0 Å². The second-order valence-corrected chi connectivity index (χ2v) is 3.84. The van der Waals surface area contributed by atoms with Crippen LogP contribution in [0.1, 0.15) is 27.2 Å². The first-order chi connectivity index (χ1) is 6.99. The Morgan fingerprint density at radius 3 is 2.33 bits per heavy atom. The Labute approximate surface area is 90.8 Å². The van der Waals surface area contributed by atoms with Crippen molar-refractivity contribution in [3.05, 3.63) is 0 Å². The van der Waals surface area contributed by atoms with Gasteiger partial charge in [-0.05, 0) is 12.3 Å². The lowest BCUT2D eigenvalue weighted by molar-refractivity contribution is -0.127. The molecule has 0 bridgehead atoms. The fraction of sp³-hybridized carbons (Fsp3) is 0.800. The molecule has 0 saturated carbocycles. The van der Waals surface area contributed by atoms with Crippen LogP contribution in [0.3, 0.4) is 0 Å². The van der Waals surface area contributed by atoms with Crippen molar-refractivity contribution in [2.45, 2.75) is 33.2 Å². The van der Waals surface area contributed by atoms with Gasteiger partial charge in [-0.15, -0.1) is 0 Å². The molecule has 0 aromatic carbocycles. The van der Waals surface area contributed by atoms with Crippen LogP contribution < -0.4 is 16.4 Å². The minimum atomic E-state index is -0.552. The fourth-order valence-electron chi connectivity index (χ4n) is 0.915. The molecule has 0 unspecified atom stereocenters. The molecular formula is C10H21N3O2. The van der Waals surface area contributed by atoms with Gasteiger partial charge in [-0.1, -0.05) is 20.8 Å². The third kappa shape index (κ3) is 6.06. The van der Waals surface area contributed by atoms with Crippen LogP contribution >= 0.6 is 0 Å². The third-order valence-electron chi connectivity index (χ3n) is 2.02. The van der Waals surface area contributed by atoms with Gasteiger partial charge in [0.05, 0.1) is 12.6 Å². The van der Waals surface area contributed by atoms with Gasteiger partial charge in [0.15, 0.2) is 0 Å². The predicted molar refractivity (Wildman–Crippen MR) is 59.1 cm³/mol. The highest BCUT2D eigenvalue weighted by Gasteiger charge is 2.17. The van der Waals surface area contributed by atoms with Gasteiger partial charge in [0.1, 0.15) is 0 Å². The SMILES string of the molecule is CCCNC(=O)CNC(=O)[C@@H](N)C(C)C. The van der Waals surface area contributed by atoms with E-state index in [2.05, 4.69) is 10.6 Å². The zero-order valence-corrected chi connectivity index (χ0v) is 9.67. The van der Waals surface area contributed by atoms with E-state index in [9.17, 15) is 9.59 Å². The summed E-state index contributed by atoms with van der Waals surface area (Å²) in [6.07, 6.45) is 0.880. The van der Waals surface area contributed by atoms with Gasteiger partial charge in [0.25, 0.3) is 0 Å². The molecule has 0 aromatic heterocycles. The smallest absolute Gasteiger partial charge is 0.239 e. The second-order valence-electron chi connectivity index (χ2n) is 3.84. The Morgan fingerprint density at radius 1 is 1.27 bits per heavy atom. The van der Waals surface area contributed by atoms with Crippen molar-refractivity contribution in [1.82, 2.24) is 10.6 Å². The highest BCUT2D eigenvalue weighted by molar-refractivity contribution is 5.87. The lowest BCUT2D eigenvalue weighted by atomic mass is 10.1.